The zero-order valence-corrected chi connectivity index (χ0v) is 15.2. The SMILES string of the molecule is CCCOP(=O)(OCCC)C(OC(=O)C(C)(C)C)=C(C)C. The van der Waals surface area contributed by atoms with E-state index in [0.717, 1.165) is 0 Å². The summed E-state index contributed by atoms with van der Waals surface area (Å²) in [5.41, 5.74) is -0.0615. The third-order valence-electron chi connectivity index (χ3n) is 2.41. The van der Waals surface area contributed by atoms with Crippen molar-refractivity contribution in [2.45, 2.75) is 61.3 Å². The molecule has 0 rings (SSSR count). The Morgan fingerprint density at radius 3 is 1.71 bits per heavy atom. The highest BCUT2D eigenvalue weighted by atomic mass is 31.2. The van der Waals surface area contributed by atoms with Gasteiger partial charge in [0.2, 0.25) is 5.50 Å². The van der Waals surface area contributed by atoms with Gasteiger partial charge in [-0.15, -0.1) is 0 Å². The van der Waals surface area contributed by atoms with Crippen molar-refractivity contribution in [2.24, 2.45) is 5.41 Å². The summed E-state index contributed by atoms with van der Waals surface area (Å²) in [7, 11) is -3.61. The van der Waals surface area contributed by atoms with Crippen molar-refractivity contribution < 1.29 is 23.1 Å². The predicted octanol–water partition coefficient (Wildman–Crippen LogP) is 4.87. The van der Waals surface area contributed by atoms with Crippen LogP contribution in [0.25, 0.3) is 0 Å². The molecule has 0 N–H and O–H groups in total. The molecule has 0 bridgehead atoms. The molecular weight excluding hydrogens is 291 g/mol. The monoisotopic (exact) mass is 320 g/mol. The molecule has 0 aromatic rings. The van der Waals surface area contributed by atoms with Crippen LogP contribution >= 0.6 is 7.60 Å². The van der Waals surface area contributed by atoms with E-state index in [1.807, 2.05) is 13.8 Å². The highest BCUT2D eigenvalue weighted by molar-refractivity contribution is 7.58. The number of carbonyl (C=O) groups excluding carboxylic acids is 1. The molecule has 0 radical (unpaired) electrons. The zero-order valence-electron chi connectivity index (χ0n) is 14.3. The molecule has 0 amide bonds. The van der Waals surface area contributed by atoms with E-state index in [9.17, 15) is 9.36 Å². The lowest BCUT2D eigenvalue weighted by Crippen LogP contribution is -2.23. The van der Waals surface area contributed by atoms with Crippen LogP contribution in [0.5, 0.6) is 0 Å². The summed E-state index contributed by atoms with van der Waals surface area (Å²) in [4.78, 5) is 12.1. The number of hydrogen-bond acceptors (Lipinski definition) is 5. The van der Waals surface area contributed by atoms with Gasteiger partial charge in [-0.3, -0.25) is 9.36 Å². The summed E-state index contributed by atoms with van der Waals surface area (Å²) in [6, 6.07) is 0. The van der Waals surface area contributed by atoms with Gasteiger partial charge in [0.05, 0.1) is 18.6 Å². The van der Waals surface area contributed by atoms with Crippen LogP contribution in [0, 0.1) is 5.41 Å². The van der Waals surface area contributed by atoms with Crippen molar-refractivity contribution in [2.75, 3.05) is 13.2 Å². The van der Waals surface area contributed by atoms with Gasteiger partial charge in [0, 0.05) is 0 Å². The maximum atomic E-state index is 13.0. The molecule has 0 saturated carbocycles. The number of rotatable bonds is 8. The fourth-order valence-corrected chi connectivity index (χ4v) is 3.15. The normalized spacial score (nSPS) is 12.1. The average Bonchev–Trinajstić information content (AvgIpc) is 2.38. The fraction of sp³-hybridized carbons (Fsp3) is 0.800. The molecule has 0 aromatic carbocycles. The Hall–Kier alpha value is -0.640. The van der Waals surface area contributed by atoms with Gasteiger partial charge >= 0.3 is 13.6 Å². The molecule has 0 spiro atoms. The fourth-order valence-electron chi connectivity index (χ4n) is 1.25. The van der Waals surface area contributed by atoms with Gasteiger partial charge in [-0.2, -0.15) is 0 Å². The standard InChI is InChI=1S/C15H29O5P/c1-8-10-18-21(17,19-11-9-2)13(12(3)4)20-14(16)15(5,6)7/h8-11H2,1-7H3. The van der Waals surface area contributed by atoms with Gasteiger partial charge in [-0.1, -0.05) is 13.8 Å². The second kappa shape index (κ2) is 8.72. The largest absolute Gasteiger partial charge is 0.417 e. The first-order valence-electron chi connectivity index (χ1n) is 7.38. The lowest BCUT2D eigenvalue weighted by atomic mass is 9.97. The van der Waals surface area contributed by atoms with Crippen molar-refractivity contribution >= 4 is 13.6 Å². The minimum absolute atomic E-state index is 0.0179. The van der Waals surface area contributed by atoms with E-state index < -0.39 is 19.0 Å². The lowest BCUT2D eigenvalue weighted by molar-refractivity contribution is -0.148. The van der Waals surface area contributed by atoms with E-state index in [1.165, 1.54) is 0 Å². The summed E-state index contributed by atoms with van der Waals surface area (Å²) in [5, 5.41) is 0. The van der Waals surface area contributed by atoms with Crippen LogP contribution in [0.15, 0.2) is 11.1 Å². The first-order chi connectivity index (χ1) is 9.58. The molecule has 5 nitrogen and oxygen atoms in total. The number of esters is 1. The van der Waals surface area contributed by atoms with Gasteiger partial charge in [0.25, 0.3) is 0 Å². The molecule has 0 aliphatic rings. The van der Waals surface area contributed by atoms with Gasteiger partial charge in [0.1, 0.15) is 0 Å². The average molecular weight is 320 g/mol. The maximum Gasteiger partial charge on any atom is 0.396 e. The van der Waals surface area contributed by atoms with Crippen LogP contribution < -0.4 is 0 Å². The van der Waals surface area contributed by atoms with Crippen molar-refractivity contribution in [3.05, 3.63) is 11.1 Å². The van der Waals surface area contributed by atoms with E-state index in [1.54, 1.807) is 34.6 Å². The first-order valence-corrected chi connectivity index (χ1v) is 8.92. The van der Waals surface area contributed by atoms with E-state index in [-0.39, 0.29) is 18.7 Å². The third-order valence-corrected chi connectivity index (χ3v) is 4.49. The summed E-state index contributed by atoms with van der Waals surface area (Å²) in [6.45, 7) is 13.1. The minimum atomic E-state index is -3.61. The molecule has 0 heterocycles. The van der Waals surface area contributed by atoms with E-state index in [2.05, 4.69) is 0 Å². The van der Waals surface area contributed by atoms with Gasteiger partial charge in [-0.25, -0.2) is 0 Å². The zero-order chi connectivity index (χ0) is 16.7. The molecule has 0 aliphatic heterocycles. The number of ether oxygens (including phenoxy) is 1. The van der Waals surface area contributed by atoms with Crippen LogP contribution in [-0.4, -0.2) is 19.2 Å². The van der Waals surface area contributed by atoms with Crippen LogP contribution in [0.1, 0.15) is 61.3 Å². The van der Waals surface area contributed by atoms with Crippen LogP contribution in [0.4, 0.5) is 0 Å². The predicted molar refractivity (Wildman–Crippen MR) is 84.0 cm³/mol. The summed E-state index contributed by atoms with van der Waals surface area (Å²) in [6.07, 6.45) is 1.39. The van der Waals surface area contributed by atoms with Crippen LogP contribution in [0.2, 0.25) is 0 Å². The van der Waals surface area contributed by atoms with E-state index in [4.69, 9.17) is 13.8 Å². The molecule has 0 aliphatic carbocycles. The Kier molecular flexibility index (Phi) is 8.45. The Bertz CT molecular complexity index is 404. The van der Waals surface area contributed by atoms with Crippen LogP contribution in [0.3, 0.4) is 0 Å². The highest BCUT2D eigenvalue weighted by Gasteiger charge is 2.37. The Morgan fingerprint density at radius 2 is 1.43 bits per heavy atom. The first kappa shape index (κ1) is 20.4. The molecule has 0 unspecified atom stereocenters. The molecule has 0 atom stereocenters. The number of allylic oxidation sites excluding steroid dienone is 1. The number of hydrogen-bond donors (Lipinski definition) is 0. The Labute approximate surface area is 128 Å². The van der Waals surface area contributed by atoms with E-state index >= 15 is 0 Å². The molecular formula is C15H29O5P. The smallest absolute Gasteiger partial charge is 0.396 e. The molecule has 21 heavy (non-hydrogen) atoms. The van der Waals surface area contributed by atoms with Crippen molar-refractivity contribution in [1.29, 1.82) is 0 Å². The van der Waals surface area contributed by atoms with Crippen LogP contribution in [-0.2, 0) is 23.1 Å². The molecule has 0 fully saturated rings. The third kappa shape index (κ3) is 6.77. The number of carbonyl (C=O) groups is 1. The second-order valence-electron chi connectivity index (χ2n) is 6.11. The molecule has 0 saturated heterocycles. The summed E-state index contributed by atoms with van der Waals surface area (Å²) < 4.78 is 29.2. The lowest BCUT2D eigenvalue weighted by Gasteiger charge is -2.24. The van der Waals surface area contributed by atoms with Crippen molar-refractivity contribution in [3.8, 4) is 0 Å². The maximum absolute atomic E-state index is 13.0. The molecule has 124 valence electrons. The van der Waals surface area contributed by atoms with Gasteiger partial charge < -0.3 is 13.8 Å². The van der Waals surface area contributed by atoms with E-state index in [0.29, 0.717) is 18.4 Å². The summed E-state index contributed by atoms with van der Waals surface area (Å²) in [5.74, 6) is -0.459. The van der Waals surface area contributed by atoms with Crippen molar-refractivity contribution in [1.82, 2.24) is 0 Å². The topological polar surface area (TPSA) is 61.8 Å². The summed E-state index contributed by atoms with van der Waals surface area (Å²) >= 11 is 0. The molecule has 6 heteroatoms. The van der Waals surface area contributed by atoms with Gasteiger partial charge in [-0.05, 0) is 53.0 Å². The van der Waals surface area contributed by atoms with Crippen molar-refractivity contribution in [3.63, 3.8) is 0 Å². The minimum Gasteiger partial charge on any atom is -0.417 e. The highest BCUT2D eigenvalue weighted by Crippen LogP contribution is 2.58. The van der Waals surface area contributed by atoms with Gasteiger partial charge in [0.15, 0.2) is 0 Å². The second-order valence-corrected chi connectivity index (χ2v) is 8.03. The Balaban J connectivity index is 5.41. The molecule has 0 aromatic heterocycles. The Morgan fingerprint density at radius 1 is 1.00 bits per heavy atom. The quantitative estimate of drug-likeness (QED) is 0.362.